The van der Waals surface area contributed by atoms with Crippen LogP contribution in [0.1, 0.15) is 21.2 Å². The topological polar surface area (TPSA) is 0 Å². The third-order valence-corrected chi connectivity index (χ3v) is 1.18. The van der Waals surface area contributed by atoms with Gasteiger partial charge in [-0.1, -0.05) is 0 Å². The van der Waals surface area contributed by atoms with Crippen molar-refractivity contribution >= 4 is 16.0 Å². The molecule has 0 nitrogen and oxygen atoms in total. The number of hydrogen-bond donors (Lipinski definition) is 0. The molecule has 34 valence electrons. The third kappa shape index (κ3) is 8.93. The smallest absolute Gasteiger partial charge is 1.00 e. The summed E-state index contributed by atoms with van der Waals surface area (Å²) in [6.45, 7) is 2.20. The van der Waals surface area contributed by atoms with E-state index < -0.39 is 0 Å². The van der Waals surface area contributed by atoms with Crippen LogP contribution in [0.5, 0.6) is 0 Å². The number of hydrogen-bond acceptors (Lipinski definition) is 0. The van der Waals surface area contributed by atoms with Crippen LogP contribution in [0.3, 0.4) is 0 Å². The van der Waals surface area contributed by atoms with E-state index in [1.54, 1.807) is 0 Å². The van der Waals surface area contributed by atoms with Gasteiger partial charge in [-0.05, 0) is 0 Å². The molecule has 0 saturated heterocycles. The van der Waals surface area contributed by atoms with E-state index in [2.05, 4.69) is 22.9 Å². The molecule has 0 N–H and O–H groups in total. The van der Waals surface area contributed by atoms with Crippen molar-refractivity contribution < 1.29 is 20.3 Å². The largest absolute Gasteiger partial charge is 1.00 e. The first-order chi connectivity index (χ1) is 2.41. The summed E-state index contributed by atoms with van der Waals surface area (Å²) < 4.78 is 0. The quantitative estimate of drug-likeness (QED) is 0.403. The van der Waals surface area contributed by atoms with Crippen molar-refractivity contribution in [2.24, 2.45) is 0 Å². The van der Waals surface area contributed by atoms with E-state index in [4.69, 9.17) is 0 Å². The molecule has 0 spiro atoms. The fraction of sp³-hybridized carbons (Fsp3) is 1.00. The van der Waals surface area contributed by atoms with E-state index in [0.29, 0.717) is 0 Å². The molecule has 0 aliphatic carbocycles. The molecule has 0 aliphatic rings. The van der Waals surface area contributed by atoms with Crippen LogP contribution in [0.4, 0.5) is 0 Å². The zero-order chi connectivity index (χ0) is 4.12. The van der Waals surface area contributed by atoms with Crippen LogP contribution in [0.2, 0.25) is 5.32 Å². The number of rotatable bonds is 2. The summed E-state index contributed by atoms with van der Waals surface area (Å²) in [4.78, 5) is 0. The molecule has 0 bridgehead atoms. The van der Waals surface area contributed by atoms with Gasteiger partial charge in [-0.15, -0.1) is 0 Å². The van der Waals surface area contributed by atoms with Crippen molar-refractivity contribution in [3.8, 4) is 0 Å². The van der Waals surface area contributed by atoms with Crippen molar-refractivity contribution in [2.75, 3.05) is 0 Å². The van der Waals surface area contributed by atoms with Gasteiger partial charge in [-0.3, -0.25) is 0 Å². The fourth-order valence-electron chi connectivity index (χ4n) is 0.158. The molecule has 6 heavy (non-hydrogen) atoms. The minimum Gasteiger partial charge on any atom is -1.00 e. The molecule has 0 amide bonds. The summed E-state index contributed by atoms with van der Waals surface area (Å²) in [7, 11) is 0. The maximum Gasteiger partial charge on any atom is 1.00 e. The Kier molecular flexibility index (Phi) is 16.0. The first-order valence-corrected chi connectivity index (χ1v) is 3.35. The SMILES string of the molecule is CCCC[SeH].[H-].[Li+]. The Morgan fingerprint density at radius 3 is 2.17 bits per heavy atom. The Hall–Kier alpha value is 1.12. The van der Waals surface area contributed by atoms with Gasteiger partial charge in [0.05, 0.1) is 0 Å². The van der Waals surface area contributed by atoms with Gasteiger partial charge < -0.3 is 1.43 Å². The van der Waals surface area contributed by atoms with Crippen LogP contribution >= 0.6 is 0 Å². The maximum absolute atomic E-state index is 2.58. The normalized spacial score (nSPS) is 7.00. The Balaban J connectivity index is -0.0000000800. The predicted molar refractivity (Wildman–Crippen MR) is 28.0 cm³/mol. The van der Waals surface area contributed by atoms with Gasteiger partial charge >= 0.3 is 60.0 Å². The van der Waals surface area contributed by atoms with Gasteiger partial charge in [-0.2, -0.15) is 0 Å². The average Bonchev–Trinajstić information content (AvgIpc) is 1.41. The minimum absolute atomic E-state index is 0. The molecule has 0 aromatic carbocycles. The van der Waals surface area contributed by atoms with Gasteiger partial charge in [0.15, 0.2) is 0 Å². The van der Waals surface area contributed by atoms with E-state index in [0.717, 1.165) is 0 Å². The third-order valence-electron chi connectivity index (χ3n) is 0.512. The second-order valence-corrected chi connectivity index (χ2v) is 2.02. The molecule has 0 aromatic rings. The first kappa shape index (κ1) is 10.2. The Labute approximate surface area is 61.6 Å². The van der Waals surface area contributed by atoms with Gasteiger partial charge in [0.2, 0.25) is 0 Å². The standard InChI is InChI=1S/C4H10Se.Li.H/c1-2-3-4-5;;/h5H,2-4H2,1H3;;/q;+1;-1. The summed E-state index contributed by atoms with van der Waals surface area (Å²) >= 11 is 2.58. The summed E-state index contributed by atoms with van der Waals surface area (Å²) in [6.07, 6.45) is 2.69. The van der Waals surface area contributed by atoms with Crippen molar-refractivity contribution in [3.63, 3.8) is 0 Å². The molecule has 0 heterocycles. The average molecular weight is 145 g/mol. The Morgan fingerprint density at radius 1 is 1.67 bits per heavy atom. The van der Waals surface area contributed by atoms with Gasteiger partial charge in [0.25, 0.3) is 0 Å². The van der Waals surface area contributed by atoms with Gasteiger partial charge in [-0.25, -0.2) is 0 Å². The fourth-order valence-corrected chi connectivity index (χ4v) is 0.822. The molecule has 0 unspecified atom stereocenters. The summed E-state index contributed by atoms with van der Waals surface area (Å²) in [5, 5.41) is 1.28. The van der Waals surface area contributed by atoms with Crippen LogP contribution in [0, 0.1) is 0 Å². The van der Waals surface area contributed by atoms with E-state index in [1.807, 2.05) is 0 Å². The van der Waals surface area contributed by atoms with Crippen molar-refractivity contribution in [1.82, 2.24) is 0 Å². The first-order valence-electron chi connectivity index (χ1n) is 2.02. The second-order valence-electron chi connectivity index (χ2n) is 1.08. The van der Waals surface area contributed by atoms with E-state index in [1.165, 1.54) is 18.2 Å². The predicted octanol–water partition coefficient (Wildman–Crippen LogP) is -1.78. The second kappa shape index (κ2) is 9.45. The summed E-state index contributed by atoms with van der Waals surface area (Å²) in [6, 6.07) is 0. The Morgan fingerprint density at radius 2 is 2.17 bits per heavy atom. The van der Waals surface area contributed by atoms with E-state index >= 15 is 0 Å². The van der Waals surface area contributed by atoms with E-state index in [-0.39, 0.29) is 20.3 Å². The zero-order valence-electron chi connectivity index (χ0n) is 5.57. The van der Waals surface area contributed by atoms with Crippen molar-refractivity contribution in [1.29, 1.82) is 0 Å². The molecule has 0 rings (SSSR count). The molecule has 0 saturated carbocycles. The molecule has 0 aromatic heterocycles. The van der Waals surface area contributed by atoms with Crippen LogP contribution in [0.25, 0.3) is 0 Å². The van der Waals surface area contributed by atoms with Crippen LogP contribution < -0.4 is 18.9 Å². The summed E-state index contributed by atoms with van der Waals surface area (Å²) in [5.74, 6) is 0. The molecule has 0 fully saturated rings. The Bertz CT molecular complexity index is 19.2. The maximum atomic E-state index is 2.58. The monoisotopic (exact) mass is 146 g/mol. The van der Waals surface area contributed by atoms with E-state index in [9.17, 15) is 0 Å². The van der Waals surface area contributed by atoms with Gasteiger partial charge in [0.1, 0.15) is 0 Å². The van der Waals surface area contributed by atoms with Crippen LogP contribution in [-0.4, -0.2) is 16.0 Å². The van der Waals surface area contributed by atoms with Crippen LogP contribution in [0.15, 0.2) is 0 Å². The minimum atomic E-state index is 0. The molecule has 0 radical (unpaired) electrons. The van der Waals surface area contributed by atoms with Gasteiger partial charge in [0, 0.05) is 0 Å². The molecule has 2 heteroatoms. The zero-order valence-corrected chi connectivity index (χ0v) is 6.45. The van der Waals surface area contributed by atoms with Crippen LogP contribution in [-0.2, 0) is 0 Å². The number of unbranched alkanes of at least 4 members (excludes halogenated alkanes) is 1. The summed E-state index contributed by atoms with van der Waals surface area (Å²) in [5.41, 5.74) is 0. The molecule has 0 aliphatic heterocycles. The van der Waals surface area contributed by atoms with Crippen molar-refractivity contribution in [2.45, 2.75) is 25.1 Å². The molecular weight excluding hydrogens is 134 g/mol. The van der Waals surface area contributed by atoms with Crippen molar-refractivity contribution in [3.05, 3.63) is 0 Å². The molecule has 0 atom stereocenters. The molecular formula is C4H11LiSe.